The van der Waals surface area contributed by atoms with Gasteiger partial charge in [0.1, 0.15) is 5.75 Å². The van der Waals surface area contributed by atoms with E-state index in [9.17, 15) is 13.2 Å². The van der Waals surface area contributed by atoms with E-state index in [4.69, 9.17) is 27.9 Å². The van der Waals surface area contributed by atoms with Gasteiger partial charge in [-0.3, -0.25) is 4.79 Å². The molecular weight excluding hydrogens is 435 g/mol. The number of rotatable bonds is 10. The number of hydrogen-bond donors (Lipinski definition) is 2. The molecule has 29 heavy (non-hydrogen) atoms. The van der Waals surface area contributed by atoms with Gasteiger partial charge in [0.15, 0.2) is 0 Å². The van der Waals surface area contributed by atoms with Crippen molar-refractivity contribution in [2.75, 3.05) is 19.7 Å². The molecule has 0 fully saturated rings. The van der Waals surface area contributed by atoms with E-state index < -0.39 is 10.0 Å². The van der Waals surface area contributed by atoms with Gasteiger partial charge in [-0.05, 0) is 48.4 Å². The maximum atomic E-state index is 11.9. The number of nitrogens with one attached hydrogen (secondary N) is 2. The Bertz CT molecular complexity index is 961. The standard InChI is InChI=1S/C20H22Cl2N2O4S/c1-2-24-29(26,27)17-8-4-15(5-9-17)6-11-20(25)23-12-3-13-28-19-10-7-16(21)14-18(19)22/h4-11,14,24H,2-3,12-13H2,1H3,(H,23,25)/b11-6+. The summed E-state index contributed by atoms with van der Waals surface area (Å²) in [7, 11) is -3.48. The molecule has 0 saturated carbocycles. The average Bonchev–Trinajstić information content (AvgIpc) is 2.68. The first kappa shape index (κ1) is 23.2. The Morgan fingerprint density at radius 1 is 1.14 bits per heavy atom. The third kappa shape index (κ3) is 7.70. The van der Waals surface area contributed by atoms with Gasteiger partial charge in [-0.1, -0.05) is 42.3 Å². The van der Waals surface area contributed by atoms with Crippen LogP contribution in [0.25, 0.3) is 6.08 Å². The summed E-state index contributed by atoms with van der Waals surface area (Å²) in [4.78, 5) is 12.1. The Labute approximate surface area is 180 Å². The van der Waals surface area contributed by atoms with Crippen LogP contribution in [-0.2, 0) is 14.8 Å². The van der Waals surface area contributed by atoms with Crippen LogP contribution < -0.4 is 14.8 Å². The fourth-order valence-corrected chi connectivity index (χ4v) is 3.82. The lowest BCUT2D eigenvalue weighted by Crippen LogP contribution is -2.23. The summed E-state index contributed by atoms with van der Waals surface area (Å²) in [5.41, 5.74) is 0.719. The molecule has 0 aliphatic carbocycles. The maximum Gasteiger partial charge on any atom is 0.244 e. The predicted molar refractivity (Wildman–Crippen MR) is 116 cm³/mol. The number of carbonyl (C=O) groups excluding carboxylic acids is 1. The number of halogens is 2. The molecule has 9 heteroatoms. The summed E-state index contributed by atoms with van der Waals surface area (Å²) < 4.78 is 31.7. The van der Waals surface area contributed by atoms with Gasteiger partial charge in [-0.25, -0.2) is 13.1 Å². The third-order valence-corrected chi connectivity index (χ3v) is 5.82. The molecule has 0 unspecified atom stereocenters. The number of sulfonamides is 1. The van der Waals surface area contributed by atoms with Gasteiger partial charge in [0.25, 0.3) is 0 Å². The molecular formula is C20H22Cl2N2O4S. The number of carbonyl (C=O) groups is 1. The van der Waals surface area contributed by atoms with Gasteiger partial charge < -0.3 is 10.1 Å². The lowest BCUT2D eigenvalue weighted by Gasteiger charge is -2.08. The summed E-state index contributed by atoms with van der Waals surface area (Å²) in [5.74, 6) is 0.292. The molecule has 2 aromatic rings. The van der Waals surface area contributed by atoms with E-state index in [0.717, 1.165) is 5.56 Å². The second kappa shape index (κ2) is 11.2. The fourth-order valence-electron chi connectivity index (χ4n) is 2.32. The highest BCUT2D eigenvalue weighted by Gasteiger charge is 2.11. The van der Waals surface area contributed by atoms with Crippen molar-refractivity contribution in [2.24, 2.45) is 0 Å². The molecule has 0 radical (unpaired) electrons. The van der Waals surface area contributed by atoms with Crippen LogP contribution in [0.1, 0.15) is 18.9 Å². The smallest absolute Gasteiger partial charge is 0.244 e. The van der Waals surface area contributed by atoms with Crippen LogP contribution in [0.5, 0.6) is 5.75 Å². The second-order valence-electron chi connectivity index (χ2n) is 5.97. The van der Waals surface area contributed by atoms with Crippen molar-refractivity contribution in [2.45, 2.75) is 18.2 Å². The molecule has 2 N–H and O–H groups in total. The zero-order chi connectivity index (χ0) is 21.3. The number of hydrogen-bond acceptors (Lipinski definition) is 4. The molecule has 0 aromatic heterocycles. The number of ether oxygens (including phenoxy) is 1. The minimum atomic E-state index is -3.48. The Kier molecular flexibility index (Phi) is 8.98. The predicted octanol–water partition coefficient (Wildman–Crippen LogP) is 3.89. The molecule has 0 saturated heterocycles. The summed E-state index contributed by atoms with van der Waals surface area (Å²) in [5, 5.41) is 3.73. The number of benzene rings is 2. The van der Waals surface area contributed by atoms with E-state index in [2.05, 4.69) is 10.0 Å². The van der Waals surface area contributed by atoms with Crippen LogP contribution in [0.15, 0.2) is 53.4 Å². The Morgan fingerprint density at radius 2 is 1.86 bits per heavy atom. The maximum absolute atomic E-state index is 11.9. The first-order valence-corrected chi connectivity index (χ1v) is 11.2. The summed E-state index contributed by atoms with van der Waals surface area (Å²) in [6, 6.07) is 11.3. The van der Waals surface area contributed by atoms with E-state index in [1.165, 1.54) is 18.2 Å². The summed E-state index contributed by atoms with van der Waals surface area (Å²) in [6.45, 7) is 2.87. The van der Waals surface area contributed by atoms with Crippen molar-refractivity contribution < 1.29 is 17.9 Å². The topological polar surface area (TPSA) is 84.5 Å². The number of amides is 1. The Hall–Kier alpha value is -2.06. The van der Waals surface area contributed by atoms with Crippen LogP contribution in [0.4, 0.5) is 0 Å². The van der Waals surface area contributed by atoms with Gasteiger partial charge in [-0.15, -0.1) is 0 Å². The van der Waals surface area contributed by atoms with E-state index in [-0.39, 0.29) is 10.8 Å². The van der Waals surface area contributed by atoms with Gasteiger partial charge in [-0.2, -0.15) is 0 Å². The van der Waals surface area contributed by atoms with E-state index in [1.807, 2.05) is 0 Å². The molecule has 2 aromatic carbocycles. The molecule has 0 bridgehead atoms. The van der Waals surface area contributed by atoms with Gasteiger partial charge in [0.05, 0.1) is 16.5 Å². The van der Waals surface area contributed by atoms with Crippen LogP contribution >= 0.6 is 23.2 Å². The van der Waals surface area contributed by atoms with E-state index >= 15 is 0 Å². The summed E-state index contributed by atoms with van der Waals surface area (Å²) >= 11 is 11.8. The molecule has 6 nitrogen and oxygen atoms in total. The minimum absolute atomic E-state index is 0.182. The van der Waals surface area contributed by atoms with Crippen molar-refractivity contribution in [3.63, 3.8) is 0 Å². The first-order valence-electron chi connectivity index (χ1n) is 8.95. The highest BCUT2D eigenvalue weighted by molar-refractivity contribution is 7.89. The Morgan fingerprint density at radius 3 is 2.52 bits per heavy atom. The van der Waals surface area contributed by atoms with Gasteiger partial charge >= 0.3 is 0 Å². The van der Waals surface area contributed by atoms with Crippen molar-refractivity contribution in [3.05, 3.63) is 64.1 Å². The zero-order valence-corrected chi connectivity index (χ0v) is 18.2. The monoisotopic (exact) mass is 456 g/mol. The van der Waals surface area contributed by atoms with Crippen LogP contribution in [0.2, 0.25) is 10.0 Å². The largest absolute Gasteiger partial charge is 0.492 e. The molecule has 2 rings (SSSR count). The van der Waals surface area contributed by atoms with E-state index in [1.54, 1.807) is 43.3 Å². The molecule has 0 heterocycles. The molecule has 0 aliphatic heterocycles. The van der Waals surface area contributed by atoms with Crippen LogP contribution in [0, 0.1) is 0 Å². The first-order chi connectivity index (χ1) is 13.8. The lowest BCUT2D eigenvalue weighted by molar-refractivity contribution is -0.116. The average molecular weight is 457 g/mol. The quantitative estimate of drug-likeness (QED) is 0.419. The minimum Gasteiger partial charge on any atom is -0.492 e. The molecule has 0 atom stereocenters. The van der Waals surface area contributed by atoms with Crippen molar-refractivity contribution in [1.82, 2.24) is 10.0 Å². The zero-order valence-electron chi connectivity index (χ0n) is 15.8. The van der Waals surface area contributed by atoms with Crippen molar-refractivity contribution in [3.8, 4) is 5.75 Å². The SMILES string of the molecule is CCNS(=O)(=O)c1ccc(/C=C/C(=O)NCCCOc2ccc(Cl)cc2Cl)cc1. The molecule has 0 spiro atoms. The Balaban J connectivity index is 1.74. The third-order valence-electron chi connectivity index (χ3n) is 3.72. The highest BCUT2D eigenvalue weighted by Crippen LogP contribution is 2.27. The van der Waals surface area contributed by atoms with Crippen molar-refractivity contribution in [1.29, 1.82) is 0 Å². The van der Waals surface area contributed by atoms with E-state index in [0.29, 0.717) is 41.9 Å². The second-order valence-corrected chi connectivity index (χ2v) is 8.58. The van der Waals surface area contributed by atoms with Gasteiger partial charge in [0, 0.05) is 24.2 Å². The van der Waals surface area contributed by atoms with Crippen LogP contribution in [0.3, 0.4) is 0 Å². The fraction of sp³-hybridized carbons (Fsp3) is 0.250. The lowest BCUT2D eigenvalue weighted by atomic mass is 10.2. The van der Waals surface area contributed by atoms with Gasteiger partial charge in [0.2, 0.25) is 15.9 Å². The van der Waals surface area contributed by atoms with Crippen molar-refractivity contribution >= 4 is 45.2 Å². The molecule has 1 amide bonds. The molecule has 0 aliphatic rings. The molecule has 156 valence electrons. The summed E-state index contributed by atoms with van der Waals surface area (Å²) in [6.07, 6.45) is 3.61. The van der Waals surface area contributed by atoms with Crippen LogP contribution in [-0.4, -0.2) is 34.0 Å². The highest BCUT2D eigenvalue weighted by atomic mass is 35.5. The normalized spacial score (nSPS) is 11.6.